The van der Waals surface area contributed by atoms with Crippen LogP contribution in [0.5, 0.6) is 11.5 Å². The maximum absolute atomic E-state index is 15.1. The molecule has 6 rings (SSSR count). The number of rotatable bonds is 9. The van der Waals surface area contributed by atoms with E-state index in [1.165, 1.54) is 13.2 Å². The molecule has 0 radical (unpaired) electrons. The number of amides is 1. The Bertz CT molecular complexity index is 1570. The van der Waals surface area contributed by atoms with Crippen LogP contribution < -0.4 is 14.8 Å². The number of fused-ring (bicyclic) bond motifs is 3. The molecule has 3 aliphatic carbocycles. The average molecular weight is 604 g/mol. The van der Waals surface area contributed by atoms with Gasteiger partial charge >= 0.3 is 11.9 Å². The summed E-state index contributed by atoms with van der Waals surface area (Å²) in [5, 5.41) is 14.9. The summed E-state index contributed by atoms with van der Waals surface area (Å²) in [7, 11) is 1.35. The molecule has 0 spiro atoms. The molecule has 4 unspecified atom stereocenters. The molecular formula is C35H38FNO7. The van der Waals surface area contributed by atoms with Crippen molar-refractivity contribution in [3.8, 4) is 11.5 Å². The average Bonchev–Trinajstić information content (AvgIpc) is 3.62. The van der Waals surface area contributed by atoms with Gasteiger partial charge in [-0.3, -0.25) is 14.4 Å². The van der Waals surface area contributed by atoms with E-state index >= 15 is 4.39 Å². The van der Waals surface area contributed by atoms with Crippen LogP contribution in [0.1, 0.15) is 61.4 Å². The van der Waals surface area contributed by atoms with E-state index in [1.807, 2.05) is 49.4 Å². The van der Waals surface area contributed by atoms with Gasteiger partial charge in [0.05, 0.1) is 30.6 Å². The summed E-state index contributed by atoms with van der Waals surface area (Å²) >= 11 is 0. The molecule has 3 aromatic rings. The Morgan fingerprint density at radius 1 is 0.932 bits per heavy atom. The minimum atomic E-state index is -0.903. The van der Waals surface area contributed by atoms with Crippen molar-refractivity contribution < 1.29 is 38.1 Å². The normalized spacial score (nSPS) is 27.6. The van der Waals surface area contributed by atoms with Crippen LogP contribution in [0.3, 0.4) is 0 Å². The zero-order valence-corrected chi connectivity index (χ0v) is 25.0. The van der Waals surface area contributed by atoms with Crippen LogP contribution in [-0.4, -0.2) is 42.2 Å². The van der Waals surface area contributed by atoms with Gasteiger partial charge in [-0.2, -0.15) is 0 Å². The lowest BCUT2D eigenvalue weighted by Crippen LogP contribution is -2.46. The molecule has 0 aliphatic heterocycles. The molecule has 1 amide bonds. The fourth-order valence-electron chi connectivity index (χ4n) is 7.63. The van der Waals surface area contributed by atoms with Gasteiger partial charge in [-0.05, 0) is 84.7 Å². The Kier molecular flexibility index (Phi) is 8.47. The Labute approximate surface area is 255 Å². The summed E-state index contributed by atoms with van der Waals surface area (Å²) in [6.45, 7) is 2.17. The zero-order valence-electron chi connectivity index (χ0n) is 25.0. The van der Waals surface area contributed by atoms with E-state index < -0.39 is 29.7 Å². The van der Waals surface area contributed by atoms with Gasteiger partial charge in [0.2, 0.25) is 0 Å². The van der Waals surface area contributed by atoms with Crippen LogP contribution in [-0.2, 0) is 20.9 Å². The number of halogens is 1. The summed E-state index contributed by atoms with van der Waals surface area (Å²) in [6, 6.07) is 16.0. The van der Waals surface area contributed by atoms with Crippen molar-refractivity contribution >= 4 is 28.6 Å². The van der Waals surface area contributed by atoms with Crippen molar-refractivity contribution in [2.45, 2.75) is 64.2 Å². The molecule has 3 saturated carbocycles. The lowest BCUT2D eigenvalue weighted by molar-refractivity contribution is -0.153. The summed E-state index contributed by atoms with van der Waals surface area (Å²) in [6.07, 6.45) is 3.76. The van der Waals surface area contributed by atoms with Crippen LogP contribution in [0, 0.1) is 35.4 Å². The first kappa shape index (κ1) is 29.9. The molecule has 232 valence electrons. The Hall–Kier alpha value is -4.14. The van der Waals surface area contributed by atoms with Crippen LogP contribution in [0.2, 0.25) is 0 Å². The summed E-state index contributed by atoms with van der Waals surface area (Å²) in [5.74, 6) is -3.15. The SMILES string of the molecule is COc1cc(F)c(O[C@H]2CC[C@H](C(=O)OCc3ccc4ccccc4c3)[C@@H](C)C2)cc1C(=O)NC1C2CCC(C2)C1C(=O)O. The molecule has 7 atom stereocenters. The number of methoxy groups -OCH3 is 1. The van der Waals surface area contributed by atoms with Crippen LogP contribution in [0.25, 0.3) is 10.8 Å². The second kappa shape index (κ2) is 12.5. The molecule has 44 heavy (non-hydrogen) atoms. The van der Waals surface area contributed by atoms with Gasteiger partial charge < -0.3 is 24.6 Å². The van der Waals surface area contributed by atoms with Crippen molar-refractivity contribution in [2.75, 3.05) is 7.11 Å². The first-order valence-corrected chi connectivity index (χ1v) is 15.4. The number of carbonyl (C=O) groups is 3. The standard InChI is InChI=1S/C35H38FNO7/c1-19-13-25(11-12-26(19)35(41)43-18-20-7-8-21-5-3-4-6-22(21)14-20)44-30-16-27(29(42-2)17-28(30)36)33(38)37-32-24-10-9-23(15-24)31(32)34(39)40/h3-8,14,16-17,19,23-26,31-32H,9-13,15,18H2,1-2H3,(H,37,38)(H,39,40)/t19-,23?,24?,25-,26-,31?,32?/m0/s1. The minimum Gasteiger partial charge on any atom is -0.496 e. The summed E-state index contributed by atoms with van der Waals surface area (Å²) in [4.78, 5) is 38.3. The van der Waals surface area contributed by atoms with Gasteiger partial charge in [-0.15, -0.1) is 0 Å². The maximum atomic E-state index is 15.1. The van der Waals surface area contributed by atoms with Crippen LogP contribution in [0.4, 0.5) is 4.39 Å². The topological polar surface area (TPSA) is 111 Å². The number of benzene rings is 3. The number of carbonyl (C=O) groups excluding carboxylic acids is 2. The number of hydrogen-bond acceptors (Lipinski definition) is 6. The number of esters is 1. The second-order valence-corrected chi connectivity index (χ2v) is 12.6. The molecule has 3 aliphatic rings. The predicted octanol–water partition coefficient (Wildman–Crippen LogP) is 6.14. The first-order chi connectivity index (χ1) is 21.2. The third-order valence-corrected chi connectivity index (χ3v) is 9.91. The third kappa shape index (κ3) is 5.97. The van der Waals surface area contributed by atoms with Crippen molar-refractivity contribution in [2.24, 2.45) is 29.6 Å². The fourth-order valence-corrected chi connectivity index (χ4v) is 7.63. The highest BCUT2D eigenvalue weighted by atomic mass is 19.1. The van der Waals surface area contributed by atoms with Gasteiger partial charge in [0, 0.05) is 12.1 Å². The van der Waals surface area contributed by atoms with Gasteiger partial charge in [0.1, 0.15) is 12.4 Å². The van der Waals surface area contributed by atoms with E-state index in [0.717, 1.165) is 41.7 Å². The molecule has 0 saturated heterocycles. The zero-order chi connectivity index (χ0) is 31.0. The van der Waals surface area contributed by atoms with Crippen molar-refractivity contribution in [3.63, 3.8) is 0 Å². The van der Waals surface area contributed by atoms with E-state index in [4.69, 9.17) is 14.2 Å². The van der Waals surface area contributed by atoms with Crippen molar-refractivity contribution in [3.05, 3.63) is 71.5 Å². The highest BCUT2D eigenvalue weighted by molar-refractivity contribution is 5.98. The quantitative estimate of drug-likeness (QED) is 0.283. The molecule has 2 N–H and O–H groups in total. The van der Waals surface area contributed by atoms with E-state index in [9.17, 15) is 19.5 Å². The largest absolute Gasteiger partial charge is 0.496 e. The number of hydrogen-bond donors (Lipinski definition) is 2. The highest BCUT2D eigenvalue weighted by Crippen LogP contribution is 2.49. The monoisotopic (exact) mass is 603 g/mol. The van der Waals surface area contributed by atoms with E-state index in [0.29, 0.717) is 19.3 Å². The van der Waals surface area contributed by atoms with E-state index in [2.05, 4.69) is 5.32 Å². The van der Waals surface area contributed by atoms with Crippen LogP contribution in [0.15, 0.2) is 54.6 Å². The lowest BCUT2D eigenvalue weighted by atomic mass is 9.79. The number of aliphatic carboxylic acids is 1. The number of carboxylic acid groups (broad SMARTS) is 1. The van der Waals surface area contributed by atoms with Crippen molar-refractivity contribution in [1.29, 1.82) is 0 Å². The molecule has 3 aromatic carbocycles. The smallest absolute Gasteiger partial charge is 0.309 e. The van der Waals surface area contributed by atoms with Gasteiger partial charge in [0.15, 0.2) is 11.6 Å². The Morgan fingerprint density at radius 3 is 2.45 bits per heavy atom. The highest BCUT2D eigenvalue weighted by Gasteiger charge is 2.51. The molecule has 8 nitrogen and oxygen atoms in total. The second-order valence-electron chi connectivity index (χ2n) is 12.6. The molecule has 3 fully saturated rings. The Morgan fingerprint density at radius 2 is 1.70 bits per heavy atom. The minimum absolute atomic E-state index is 0.0485. The van der Waals surface area contributed by atoms with E-state index in [1.54, 1.807) is 0 Å². The maximum Gasteiger partial charge on any atom is 0.309 e. The van der Waals surface area contributed by atoms with Gasteiger partial charge in [-0.1, -0.05) is 43.3 Å². The number of nitrogens with one attached hydrogen (secondary N) is 1. The summed E-state index contributed by atoms with van der Waals surface area (Å²) in [5.41, 5.74) is 1.02. The Balaban J connectivity index is 1.08. The lowest BCUT2D eigenvalue weighted by Gasteiger charge is -2.33. The third-order valence-electron chi connectivity index (χ3n) is 9.91. The van der Waals surface area contributed by atoms with Crippen LogP contribution >= 0.6 is 0 Å². The fraction of sp³-hybridized carbons (Fsp3) is 0.457. The number of carboxylic acids is 1. The molecule has 0 aromatic heterocycles. The van der Waals surface area contributed by atoms with Gasteiger partial charge in [0.25, 0.3) is 5.91 Å². The molecule has 9 heteroatoms. The van der Waals surface area contributed by atoms with Crippen molar-refractivity contribution in [1.82, 2.24) is 5.32 Å². The first-order valence-electron chi connectivity index (χ1n) is 15.4. The molecule has 0 heterocycles. The predicted molar refractivity (Wildman–Crippen MR) is 161 cm³/mol. The number of ether oxygens (including phenoxy) is 3. The van der Waals surface area contributed by atoms with Gasteiger partial charge in [-0.25, -0.2) is 4.39 Å². The molecular weight excluding hydrogens is 565 g/mol. The van der Waals surface area contributed by atoms with E-state index in [-0.39, 0.29) is 59.4 Å². The summed E-state index contributed by atoms with van der Waals surface area (Å²) < 4.78 is 32.2. The molecule has 2 bridgehead atoms.